The maximum atomic E-state index is 13.3. The number of halogens is 1. The molecule has 2 heterocycles. The smallest absolute Gasteiger partial charge is 0.326 e. The van der Waals surface area contributed by atoms with Gasteiger partial charge in [0.2, 0.25) is 15.9 Å². The number of carbonyl (C=O) groups excluding carboxylic acids is 2. The van der Waals surface area contributed by atoms with E-state index in [1.54, 1.807) is 26.0 Å². The van der Waals surface area contributed by atoms with Crippen LogP contribution in [-0.4, -0.2) is 73.7 Å². The molecule has 1 aliphatic carbocycles. The van der Waals surface area contributed by atoms with E-state index in [2.05, 4.69) is 20.1 Å². The minimum atomic E-state index is -3.91. The van der Waals surface area contributed by atoms with Gasteiger partial charge >= 0.3 is 11.9 Å². The second-order valence-electron chi connectivity index (χ2n) is 13.0. The molecule has 2 aromatic carbocycles. The summed E-state index contributed by atoms with van der Waals surface area (Å²) >= 11 is 7.92. The average molecular weight is 736 g/mol. The molecule has 0 spiro atoms. The molecule has 5 rings (SSSR count). The largest absolute Gasteiger partial charge is 0.480 e. The Morgan fingerprint density at radius 2 is 1.82 bits per heavy atom. The van der Waals surface area contributed by atoms with Gasteiger partial charge in [-0.3, -0.25) is 14.9 Å². The lowest BCUT2D eigenvalue weighted by atomic mass is 10.0. The normalized spacial score (nSPS) is 20.8. The summed E-state index contributed by atoms with van der Waals surface area (Å²) in [5.41, 5.74) is 2.48. The van der Waals surface area contributed by atoms with Crippen molar-refractivity contribution in [3.63, 3.8) is 0 Å². The number of amides is 1. The van der Waals surface area contributed by atoms with Crippen LogP contribution in [0, 0.1) is 5.92 Å². The fourth-order valence-corrected chi connectivity index (χ4v) is 9.26. The molecule has 1 saturated heterocycles. The molecule has 2 aliphatic heterocycles. The molecular formula is C34H46ClN5O7S2. The summed E-state index contributed by atoms with van der Waals surface area (Å²) in [5, 5.41) is 16.1. The first-order chi connectivity index (χ1) is 23.4. The average Bonchev–Trinajstić information content (AvgIpc) is 3.78. The first-order valence-corrected chi connectivity index (χ1v) is 19.7. The molecule has 4 atom stereocenters. The van der Waals surface area contributed by atoms with E-state index in [0.717, 1.165) is 28.1 Å². The van der Waals surface area contributed by atoms with Gasteiger partial charge in [0.25, 0.3) is 0 Å². The van der Waals surface area contributed by atoms with Gasteiger partial charge in [0.1, 0.15) is 17.0 Å². The molecule has 5 N–H and O–H groups in total. The molecule has 12 nitrogen and oxygen atoms in total. The number of sulfonamides is 1. The number of carbonyl (C=O) groups is 3. The summed E-state index contributed by atoms with van der Waals surface area (Å²) in [6.45, 7) is 3.94. The van der Waals surface area contributed by atoms with Gasteiger partial charge < -0.3 is 20.1 Å². The molecule has 0 bridgehead atoms. The van der Waals surface area contributed by atoms with Crippen molar-refractivity contribution in [2.75, 3.05) is 18.5 Å². The summed E-state index contributed by atoms with van der Waals surface area (Å²) in [7, 11) is -3.91. The number of likely N-dealkylation sites (tertiary alicyclic amines) is 1. The maximum absolute atomic E-state index is 13.3. The van der Waals surface area contributed by atoms with Crippen LogP contribution in [0.15, 0.2) is 46.2 Å². The van der Waals surface area contributed by atoms with Crippen LogP contribution >= 0.6 is 23.5 Å². The van der Waals surface area contributed by atoms with Crippen molar-refractivity contribution in [3.8, 4) is 0 Å². The number of benzene rings is 2. The van der Waals surface area contributed by atoms with Crippen molar-refractivity contribution in [3.05, 3.63) is 52.5 Å². The second-order valence-corrected chi connectivity index (χ2v) is 16.0. The van der Waals surface area contributed by atoms with Gasteiger partial charge in [0.15, 0.2) is 0 Å². The minimum absolute atomic E-state index is 0.0170. The van der Waals surface area contributed by atoms with Crippen LogP contribution in [0.25, 0.3) is 0 Å². The quantitative estimate of drug-likeness (QED) is 0.128. The fraction of sp³-hybridized carbons (Fsp3) is 0.559. The standard InChI is InChI=1S/C34H46ClN5O7S2/c1-3-47-34(44)26(37-21(2)32(41)40-16-6-9-28(40)33(42)43)15-14-22-10-12-24(13-11-22)20-36-49(45,46)30-19-29-27(18-25(30)35)38-31(39-48-29)17-23-7-4-5-8-23/h10-13,18-19,21,23,26,28,31,36-39H,3-9,14-17,20H2,1-2H3,(H,42,43)/t21?,26-,28-,31-/m0/s1. The number of carboxylic acids is 1. The number of nitrogens with zero attached hydrogens (tertiary/aromatic N) is 1. The van der Waals surface area contributed by atoms with Gasteiger partial charge in [-0.25, -0.2) is 22.7 Å². The van der Waals surface area contributed by atoms with E-state index in [1.807, 2.05) is 24.3 Å². The van der Waals surface area contributed by atoms with E-state index in [9.17, 15) is 27.9 Å². The van der Waals surface area contributed by atoms with Crippen molar-refractivity contribution in [1.82, 2.24) is 19.7 Å². The molecule has 1 unspecified atom stereocenters. The van der Waals surface area contributed by atoms with Gasteiger partial charge in [-0.2, -0.15) is 0 Å². The molecule has 0 aromatic heterocycles. The van der Waals surface area contributed by atoms with Gasteiger partial charge in [-0.05, 0) is 87.1 Å². The number of rotatable bonds is 15. The van der Waals surface area contributed by atoms with Crippen molar-refractivity contribution < 1.29 is 32.6 Å². The molecule has 1 saturated carbocycles. The zero-order valence-corrected chi connectivity index (χ0v) is 30.3. The number of carboxylic acid groups (broad SMARTS) is 1. The number of fused-ring (bicyclic) bond motifs is 1. The highest BCUT2D eigenvalue weighted by Crippen LogP contribution is 2.38. The number of aliphatic carboxylic acids is 1. The summed E-state index contributed by atoms with van der Waals surface area (Å²) in [6.07, 6.45) is 8.02. The summed E-state index contributed by atoms with van der Waals surface area (Å²) < 4.78 is 37.9. The number of esters is 1. The van der Waals surface area contributed by atoms with Crippen molar-refractivity contribution in [1.29, 1.82) is 0 Å². The molecule has 2 fully saturated rings. The van der Waals surface area contributed by atoms with E-state index < -0.39 is 40.1 Å². The van der Waals surface area contributed by atoms with Gasteiger partial charge in [0, 0.05) is 18.0 Å². The highest BCUT2D eigenvalue weighted by atomic mass is 35.5. The van der Waals surface area contributed by atoms with Crippen LogP contribution in [0.1, 0.15) is 76.3 Å². The summed E-state index contributed by atoms with van der Waals surface area (Å²) in [4.78, 5) is 39.5. The first-order valence-electron chi connectivity index (χ1n) is 17.0. The Kier molecular flexibility index (Phi) is 12.9. The molecule has 3 aliphatic rings. The molecule has 268 valence electrons. The van der Waals surface area contributed by atoms with Crippen LogP contribution in [0.5, 0.6) is 0 Å². The monoisotopic (exact) mass is 735 g/mol. The Bertz CT molecular complexity index is 1600. The number of ether oxygens (including phenoxy) is 1. The molecule has 49 heavy (non-hydrogen) atoms. The third-order valence-corrected chi connectivity index (χ3v) is 12.3. The van der Waals surface area contributed by atoms with Crippen LogP contribution in [0.3, 0.4) is 0 Å². The number of nitrogens with one attached hydrogen (secondary N) is 4. The van der Waals surface area contributed by atoms with Crippen molar-refractivity contribution in [2.45, 2.75) is 112 Å². The van der Waals surface area contributed by atoms with Crippen molar-refractivity contribution >= 4 is 57.1 Å². The number of hydrogen-bond donors (Lipinski definition) is 5. The highest BCUT2D eigenvalue weighted by molar-refractivity contribution is 7.97. The lowest BCUT2D eigenvalue weighted by molar-refractivity contribution is -0.150. The number of hydrogen-bond acceptors (Lipinski definition) is 10. The molecule has 2 aromatic rings. The van der Waals surface area contributed by atoms with Gasteiger partial charge in [0.05, 0.1) is 29.5 Å². The van der Waals surface area contributed by atoms with E-state index >= 15 is 0 Å². The highest BCUT2D eigenvalue weighted by Gasteiger charge is 2.37. The Morgan fingerprint density at radius 1 is 1.10 bits per heavy atom. The lowest BCUT2D eigenvalue weighted by Crippen LogP contribution is -2.53. The van der Waals surface area contributed by atoms with E-state index in [-0.39, 0.29) is 35.1 Å². The Labute approximate surface area is 297 Å². The second kappa shape index (κ2) is 16.9. The third-order valence-electron chi connectivity index (χ3n) is 9.43. The third kappa shape index (κ3) is 9.67. The summed E-state index contributed by atoms with van der Waals surface area (Å²) in [5.74, 6) is -1.19. The predicted molar refractivity (Wildman–Crippen MR) is 189 cm³/mol. The fourth-order valence-electron chi connectivity index (χ4n) is 6.79. The Hall–Kier alpha value is -2.88. The minimum Gasteiger partial charge on any atom is -0.480 e. The molecular weight excluding hydrogens is 690 g/mol. The van der Waals surface area contributed by atoms with Gasteiger partial charge in [-0.15, -0.1) is 0 Å². The maximum Gasteiger partial charge on any atom is 0.326 e. The SMILES string of the molecule is CCOC(=O)[C@H](CCc1ccc(CNS(=O)(=O)c2cc3c(cc2Cl)N[C@H](CC2CCCC2)NS3)cc1)NC(C)C(=O)N1CCC[C@H]1C(=O)O. The Morgan fingerprint density at radius 3 is 2.51 bits per heavy atom. The lowest BCUT2D eigenvalue weighted by Gasteiger charge is -2.29. The van der Waals surface area contributed by atoms with E-state index in [4.69, 9.17) is 16.3 Å². The summed E-state index contributed by atoms with van der Waals surface area (Å²) in [6, 6.07) is 8.23. The van der Waals surface area contributed by atoms with Crippen LogP contribution < -0.4 is 20.1 Å². The van der Waals surface area contributed by atoms with Crippen LogP contribution in [0.2, 0.25) is 5.02 Å². The van der Waals surface area contributed by atoms with E-state index in [1.165, 1.54) is 42.5 Å². The Balaban J connectivity index is 1.15. The van der Waals surface area contributed by atoms with Crippen molar-refractivity contribution in [2.24, 2.45) is 5.92 Å². The molecule has 0 radical (unpaired) electrons. The topological polar surface area (TPSA) is 166 Å². The number of anilines is 1. The first kappa shape index (κ1) is 37.4. The van der Waals surface area contributed by atoms with Crippen LogP contribution in [0.4, 0.5) is 5.69 Å². The zero-order chi connectivity index (χ0) is 35.1. The van der Waals surface area contributed by atoms with E-state index in [0.29, 0.717) is 38.1 Å². The molecule has 1 amide bonds. The van der Waals surface area contributed by atoms with Gasteiger partial charge in [-0.1, -0.05) is 61.5 Å². The molecule has 15 heteroatoms. The van der Waals surface area contributed by atoms with Crippen LogP contribution in [-0.2, 0) is 42.1 Å². The zero-order valence-electron chi connectivity index (χ0n) is 27.9. The predicted octanol–water partition coefficient (Wildman–Crippen LogP) is 4.67. The number of aryl methyl sites for hydroxylation is 1.